The van der Waals surface area contributed by atoms with Crippen molar-refractivity contribution < 1.29 is 5.11 Å². The van der Waals surface area contributed by atoms with Crippen molar-refractivity contribution in [3.63, 3.8) is 0 Å². The number of nitrogens with one attached hydrogen (secondary N) is 1. The number of aliphatic hydroxyl groups excluding tert-OH is 1. The highest BCUT2D eigenvalue weighted by Crippen LogP contribution is 2.19. The Balaban J connectivity index is 1.85. The molecule has 2 N–H and O–H groups in total. The maximum absolute atomic E-state index is 10.2. The Morgan fingerprint density at radius 1 is 1.53 bits per heavy atom. The monoisotopic (exact) mass is 326 g/mol. The van der Waals surface area contributed by atoms with Gasteiger partial charge in [-0.2, -0.15) is 0 Å². The lowest BCUT2D eigenvalue weighted by molar-refractivity contribution is 0.137. The van der Waals surface area contributed by atoms with Crippen LogP contribution in [0.15, 0.2) is 28.7 Å². The fourth-order valence-electron chi connectivity index (χ4n) is 2.75. The number of likely N-dealkylation sites (tertiary alicyclic amines) is 1. The van der Waals surface area contributed by atoms with E-state index in [4.69, 9.17) is 0 Å². The molecule has 1 saturated heterocycles. The van der Waals surface area contributed by atoms with Crippen LogP contribution in [0.5, 0.6) is 0 Å². The third-order valence-electron chi connectivity index (χ3n) is 3.92. The molecule has 1 aliphatic rings. The summed E-state index contributed by atoms with van der Waals surface area (Å²) >= 11 is 3.44. The SMILES string of the molecule is CC1CN(C)CCC1NCC(O)c1cccc(Br)c1. The number of hydrogen-bond donors (Lipinski definition) is 2. The van der Waals surface area contributed by atoms with Gasteiger partial charge in [-0.15, -0.1) is 0 Å². The minimum atomic E-state index is -0.440. The maximum Gasteiger partial charge on any atom is 0.0914 e. The maximum atomic E-state index is 10.2. The van der Waals surface area contributed by atoms with Crippen molar-refractivity contribution in [2.45, 2.75) is 25.5 Å². The van der Waals surface area contributed by atoms with Crippen LogP contribution in [0.4, 0.5) is 0 Å². The Kier molecular flexibility index (Phi) is 5.39. The first kappa shape index (κ1) is 15.0. The molecule has 0 radical (unpaired) electrons. The van der Waals surface area contributed by atoms with Gasteiger partial charge in [-0.3, -0.25) is 0 Å². The van der Waals surface area contributed by atoms with Crippen LogP contribution in [0.3, 0.4) is 0 Å². The number of halogens is 1. The Morgan fingerprint density at radius 2 is 2.32 bits per heavy atom. The third-order valence-corrected chi connectivity index (χ3v) is 4.41. The lowest BCUT2D eigenvalue weighted by atomic mass is 9.94. The summed E-state index contributed by atoms with van der Waals surface area (Å²) in [5.41, 5.74) is 0.961. The number of hydrogen-bond acceptors (Lipinski definition) is 3. The van der Waals surface area contributed by atoms with Crippen molar-refractivity contribution in [3.05, 3.63) is 34.3 Å². The normalized spacial score (nSPS) is 26.3. The summed E-state index contributed by atoms with van der Waals surface area (Å²) in [5, 5.41) is 13.7. The predicted octanol–water partition coefficient (Wildman–Crippen LogP) is 2.41. The van der Waals surface area contributed by atoms with Crippen LogP contribution >= 0.6 is 15.9 Å². The summed E-state index contributed by atoms with van der Waals surface area (Å²) in [4.78, 5) is 2.37. The Bertz CT molecular complexity index is 413. The van der Waals surface area contributed by atoms with Crippen LogP contribution in [0, 0.1) is 5.92 Å². The highest BCUT2D eigenvalue weighted by molar-refractivity contribution is 9.10. The standard InChI is InChI=1S/C15H23BrN2O/c1-11-10-18(2)7-6-14(11)17-9-15(19)12-4-3-5-13(16)8-12/h3-5,8,11,14-15,17,19H,6-7,9-10H2,1-2H3. The van der Waals surface area contributed by atoms with Gasteiger partial charge in [0.05, 0.1) is 6.10 Å². The van der Waals surface area contributed by atoms with Crippen molar-refractivity contribution in [1.29, 1.82) is 0 Å². The molecule has 1 aliphatic heterocycles. The highest BCUT2D eigenvalue weighted by Gasteiger charge is 2.24. The summed E-state index contributed by atoms with van der Waals surface area (Å²) in [6.45, 7) is 5.16. The lowest BCUT2D eigenvalue weighted by Crippen LogP contribution is -2.47. The number of benzene rings is 1. The van der Waals surface area contributed by atoms with Gasteiger partial charge in [0.1, 0.15) is 0 Å². The molecule has 4 heteroatoms. The molecule has 2 rings (SSSR count). The van der Waals surface area contributed by atoms with E-state index in [-0.39, 0.29) is 0 Å². The molecule has 0 amide bonds. The second-order valence-electron chi connectivity index (χ2n) is 5.61. The molecule has 1 fully saturated rings. The zero-order valence-electron chi connectivity index (χ0n) is 11.6. The van der Waals surface area contributed by atoms with Crippen LogP contribution < -0.4 is 5.32 Å². The molecule has 1 heterocycles. The molecule has 19 heavy (non-hydrogen) atoms. The minimum Gasteiger partial charge on any atom is -0.387 e. The van der Waals surface area contributed by atoms with Gasteiger partial charge in [-0.05, 0) is 43.6 Å². The molecule has 0 spiro atoms. The van der Waals surface area contributed by atoms with Crippen LogP contribution in [-0.2, 0) is 0 Å². The zero-order chi connectivity index (χ0) is 13.8. The molecule has 3 unspecified atom stereocenters. The zero-order valence-corrected chi connectivity index (χ0v) is 13.2. The molecule has 0 aliphatic carbocycles. The summed E-state index contributed by atoms with van der Waals surface area (Å²) in [5.74, 6) is 0.633. The second kappa shape index (κ2) is 6.84. The molecule has 3 atom stereocenters. The summed E-state index contributed by atoms with van der Waals surface area (Å²) in [6, 6.07) is 8.39. The number of piperidine rings is 1. The first-order chi connectivity index (χ1) is 9.06. The molecule has 1 aromatic rings. The van der Waals surface area contributed by atoms with Gasteiger partial charge in [0.15, 0.2) is 0 Å². The van der Waals surface area contributed by atoms with E-state index < -0.39 is 6.10 Å². The fraction of sp³-hybridized carbons (Fsp3) is 0.600. The number of rotatable bonds is 4. The van der Waals surface area contributed by atoms with Crippen LogP contribution in [0.25, 0.3) is 0 Å². The van der Waals surface area contributed by atoms with E-state index >= 15 is 0 Å². The molecule has 3 nitrogen and oxygen atoms in total. The van der Waals surface area contributed by atoms with E-state index in [9.17, 15) is 5.11 Å². The number of aliphatic hydroxyl groups is 1. The summed E-state index contributed by atoms with van der Waals surface area (Å²) in [6.07, 6.45) is 0.715. The average Bonchev–Trinajstić information content (AvgIpc) is 2.37. The molecule has 1 aromatic carbocycles. The Morgan fingerprint density at radius 3 is 3.00 bits per heavy atom. The fourth-order valence-corrected chi connectivity index (χ4v) is 3.17. The predicted molar refractivity (Wildman–Crippen MR) is 82.2 cm³/mol. The lowest BCUT2D eigenvalue weighted by Gasteiger charge is -2.35. The van der Waals surface area contributed by atoms with Crippen LogP contribution in [0.1, 0.15) is 25.0 Å². The van der Waals surface area contributed by atoms with Gasteiger partial charge in [-0.1, -0.05) is 35.0 Å². The topological polar surface area (TPSA) is 35.5 Å². The van der Waals surface area contributed by atoms with E-state index in [0.717, 1.165) is 29.5 Å². The van der Waals surface area contributed by atoms with Crippen LogP contribution in [0.2, 0.25) is 0 Å². The van der Waals surface area contributed by atoms with Gasteiger partial charge >= 0.3 is 0 Å². The van der Waals surface area contributed by atoms with Gasteiger partial charge in [0, 0.05) is 23.6 Å². The molecular weight excluding hydrogens is 304 g/mol. The summed E-state index contributed by atoms with van der Waals surface area (Å²) < 4.78 is 1.01. The van der Waals surface area contributed by atoms with E-state index in [2.05, 4.69) is 40.1 Å². The van der Waals surface area contributed by atoms with E-state index in [0.29, 0.717) is 18.5 Å². The van der Waals surface area contributed by atoms with Gasteiger partial charge < -0.3 is 15.3 Å². The smallest absolute Gasteiger partial charge is 0.0914 e. The molecular formula is C15H23BrN2O. The van der Waals surface area contributed by atoms with Crippen molar-refractivity contribution >= 4 is 15.9 Å². The van der Waals surface area contributed by atoms with Crippen molar-refractivity contribution in [3.8, 4) is 0 Å². The minimum absolute atomic E-state index is 0.440. The quantitative estimate of drug-likeness (QED) is 0.891. The largest absolute Gasteiger partial charge is 0.387 e. The van der Waals surface area contributed by atoms with Crippen LogP contribution in [-0.4, -0.2) is 42.7 Å². The first-order valence-electron chi connectivity index (χ1n) is 6.91. The second-order valence-corrected chi connectivity index (χ2v) is 6.53. The third kappa shape index (κ3) is 4.28. The van der Waals surface area contributed by atoms with Crippen molar-refractivity contribution in [2.24, 2.45) is 5.92 Å². The van der Waals surface area contributed by atoms with E-state index in [1.807, 2.05) is 24.3 Å². The molecule has 0 aromatic heterocycles. The van der Waals surface area contributed by atoms with Gasteiger partial charge in [0.25, 0.3) is 0 Å². The Labute approximate surface area is 124 Å². The molecule has 0 saturated carbocycles. The Hall–Kier alpha value is -0.420. The number of nitrogens with zero attached hydrogens (tertiary/aromatic N) is 1. The average molecular weight is 327 g/mol. The first-order valence-corrected chi connectivity index (χ1v) is 7.71. The van der Waals surface area contributed by atoms with E-state index in [1.54, 1.807) is 0 Å². The van der Waals surface area contributed by atoms with Gasteiger partial charge in [0.2, 0.25) is 0 Å². The molecule has 0 bridgehead atoms. The molecule has 106 valence electrons. The van der Waals surface area contributed by atoms with Gasteiger partial charge in [-0.25, -0.2) is 0 Å². The van der Waals surface area contributed by atoms with Crippen molar-refractivity contribution in [1.82, 2.24) is 10.2 Å². The van der Waals surface area contributed by atoms with E-state index in [1.165, 1.54) is 0 Å². The van der Waals surface area contributed by atoms with Crippen molar-refractivity contribution in [2.75, 3.05) is 26.7 Å². The summed E-state index contributed by atoms with van der Waals surface area (Å²) in [7, 11) is 2.17. The highest BCUT2D eigenvalue weighted by atomic mass is 79.9.